The molecular weight excluding hydrogens is 260 g/mol. The van der Waals surface area contributed by atoms with Crippen molar-refractivity contribution in [3.63, 3.8) is 0 Å². The fourth-order valence-electron chi connectivity index (χ4n) is 4.84. The number of aliphatic hydroxyl groups excluding tert-OH is 1. The molecule has 0 aromatic heterocycles. The van der Waals surface area contributed by atoms with E-state index in [1.165, 1.54) is 6.92 Å². The first-order chi connectivity index (χ1) is 9.33. The van der Waals surface area contributed by atoms with Gasteiger partial charge >= 0.3 is 11.9 Å². The third-order valence-electron chi connectivity index (χ3n) is 6.02. The lowest BCUT2D eigenvalue weighted by Crippen LogP contribution is -2.64. The summed E-state index contributed by atoms with van der Waals surface area (Å²) in [7, 11) is 0. The highest BCUT2D eigenvalue weighted by atomic mass is 16.6. The molecule has 1 aliphatic heterocycles. The Labute approximate surface area is 118 Å². The molecule has 5 nitrogen and oxygen atoms in total. The third-order valence-corrected chi connectivity index (χ3v) is 6.02. The number of hydrogen-bond donors (Lipinski definition) is 1. The minimum absolute atomic E-state index is 0.251. The second kappa shape index (κ2) is 4.20. The van der Waals surface area contributed by atoms with Crippen LogP contribution < -0.4 is 0 Å². The van der Waals surface area contributed by atoms with Crippen molar-refractivity contribution in [2.45, 2.75) is 64.3 Å². The highest BCUT2D eigenvalue weighted by molar-refractivity contribution is 5.79. The summed E-state index contributed by atoms with van der Waals surface area (Å²) in [5, 5.41) is 10.5. The van der Waals surface area contributed by atoms with Crippen LogP contribution >= 0.6 is 0 Å². The number of carbonyl (C=O) groups is 2. The lowest BCUT2D eigenvalue weighted by atomic mass is 9.49. The molecule has 0 amide bonds. The number of carbonyl (C=O) groups excluding carboxylic acids is 2. The second-order valence-corrected chi connectivity index (χ2v) is 6.75. The van der Waals surface area contributed by atoms with Crippen LogP contribution in [0.15, 0.2) is 0 Å². The maximum atomic E-state index is 12.4. The SMILES string of the molecule is CC(=O)O[C@H]1CC[C@@]23OC(=O)[C@@H]1[C@]2(C)[C@@H](C)CC[C@@H]3O. The van der Waals surface area contributed by atoms with Crippen LogP contribution in [0, 0.1) is 17.3 Å². The van der Waals surface area contributed by atoms with E-state index in [2.05, 4.69) is 6.92 Å². The number of rotatable bonds is 1. The summed E-state index contributed by atoms with van der Waals surface area (Å²) in [5.74, 6) is -0.885. The zero-order chi connectivity index (χ0) is 14.7. The van der Waals surface area contributed by atoms with E-state index in [9.17, 15) is 14.7 Å². The lowest BCUT2D eigenvalue weighted by Gasteiger charge is -2.56. The number of esters is 2. The van der Waals surface area contributed by atoms with Gasteiger partial charge in [-0.25, -0.2) is 0 Å². The van der Waals surface area contributed by atoms with Gasteiger partial charge in [0.05, 0.1) is 6.10 Å². The molecule has 0 radical (unpaired) electrons. The van der Waals surface area contributed by atoms with E-state index < -0.39 is 29.1 Å². The first-order valence-electron chi connectivity index (χ1n) is 7.41. The normalized spacial score (nSPS) is 50.3. The van der Waals surface area contributed by atoms with Crippen molar-refractivity contribution in [2.24, 2.45) is 17.3 Å². The Morgan fingerprint density at radius 1 is 1.40 bits per heavy atom. The predicted octanol–water partition coefficient (Wildman–Crippen LogP) is 1.42. The average molecular weight is 282 g/mol. The molecule has 0 aromatic rings. The summed E-state index contributed by atoms with van der Waals surface area (Å²) in [6.45, 7) is 5.49. The summed E-state index contributed by atoms with van der Waals surface area (Å²) < 4.78 is 11.1. The molecule has 2 aliphatic carbocycles. The van der Waals surface area contributed by atoms with E-state index >= 15 is 0 Å². The van der Waals surface area contributed by atoms with Crippen LogP contribution in [-0.2, 0) is 19.1 Å². The Bertz CT molecular complexity index is 461. The van der Waals surface area contributed by atoms with E-state index in [4.69, 9.17) is 9.47 Å². The van der Waals surface area contributed by atoms with Gasteiger partial charge in [0.1, 0.15) is 17.6 Å². The zero-order valence-electron chi connectivity index (χ0n) is 12.2. The summed E-state index contributed by atoms with van der Waals surface area (Å²) in [6.07, 6.45) is 1.63. The highest BCUT2D eigenvalue weighted by Crippen LogP contribution is 2.64. The van der Waals surface area contributed by atoms with Crippen LogP contribution in [0.1, 0.15) is 46.5 Å². The molecular formula is C15H22O5. The molecule has 2 bridgehead atoms. The molecule has 2 saturated carbocycles. The molecule has 6 atom stereocenters. The molecule has 0 spiro atoms. The molecule has 3 aliphatic rings. The van der Waals surface area contributed by atoms with Crippen molar-refractivity contribution >= 4 is 11.9 Å². The average Bonchev–Trinajstić information content (AvgIpc) is 2.50. The van der Waals surface area contributed by atoms with Gasteiger partial charge < -0.3 is 14.6 Å². The van der Waals surface area contributed by atoms with Crippen LogP contribution in [0.3, 0.4) is 0 Å². The molecule has 1 saturated heterocycles. The van der Waals surface area contributed by atoms with Gasteiger partial charge in [-0.2, -0.15) is 0 Å². The van der Waals surface area contributed by atoms with Gasteiger partial charge in [-0.05, 0) is 31.6 Å². The minimum atomic E-state index is -0.789. The Hall–Kier alpha value is -1.10. The Kier molecular flexibility index (Phi) is 2.91. The third kappa shape index (κ3) is 1.47. The summed E-state index contributed by atoms with van der Waals surface area (Å²) in [4.78, 5) is 23.7. The van der Waals surface area contributed by atoms with Crippen LogP contribution in [0.5, 0.6) is 0 Å². The fourth-order valence-corrected chi connectivity index (χ4v) is 4.84. The van der Waals surface area contributed by atoms with Crippen molar-refractivity contribution in [3.05, 3.63) is 0 Å². The van der Waals surface area contributed by atoms with Crippen molar-refractivity contribution in [1.82, 2.24) is 0 Å². The maximum absolute atomic E-state index is 12.4. The number of ether oxygens (including phenoxy) is 2. The monoisotopic (exact) mass is 282 g/mol. The quantitative estimate of drug-likeness (QED) is 0.736. The van der Waals surface area contributed by atoms with Crippen molar-refractivity contribution in [3.8, 4) is 0 Å². The van der Waals surface area contributed by atoms with Crippen LogP contribution in [0.2, 0.25) is 0 Å². The standard InChI is InChI=1S/C15H22O5/c1-8-4-5-11(17)15-7-6-10(19-9(2)16)12(13(18)20-15)14(8,15)3/h8,10-12,17H,4-7H2,1-3H3/t8-,10-,11-,12+,14-,15-/m0/s1. The van der Waals surface area contributed by atoms with E-state index in [0.717, 1.165) is 6.42 Å². The van der Waals surface area contributed by atoms with Gasteiger partial charge in [0.25, 0.3) is 0 Å². The molecule has 0 aromatic carbocycles. The van der Waals surface area contributed by atoms with Gasteiger partial charge in [0, 0.05) is 12.3 Å². The van der Waals surface area contributed by atoms with E-state index in [1.54, 1.807) is 0 Å². The van der Waals surface area contributed by atoms with E-state index in [0.29, 0.717) is 19.3 Å². The van der Waals surface area contributed by atoms with Crippen LogP contribution in [0.25, 0.3) is 0 Å². The molecule has 1 heterocycles. The van der Waals surface area contributed by atoms with Crippen LogP contribution in [0.4, 0.5) is 0 Å². The van der Waals surface area contributed by atoms with Gasteiger partial charge in [-0.15, -0.1) is 0 Å². The first kappa shape index (κ1) is 13.9. The van der Waals surface area contributed by atoms with Gasteiger partial charge in [0.15, 0.2) is 0 Å². The smallest absolute Gasteiger partial charge is 0.314 e. The predicted molar refractivity (Wildman–Crippen MR) is 69.6 cm³/mol. The van der Waals surface area contributed by atoms with Crippen molar-refractivity contribution < 1.29 is 24.2 Å². The van der Waals surface area contributed by atoms with Crippen molar-refractivity contribution in [2.75, 3.05) is 0 Å². The van der Waals surface area contributed by atoms with Crippen LogP contribution in [-0.4, -0.2) is 34.9 Å². The van der Waals surface area contributed by atoms with E-state index in [1.807, 2.05) is 6.92 Å². The number of aliphatic hydroxyl groups is 1. The molecule has 3 fully saturated rings. The minimum Gasteiger partial charge on any atom is -0.462 e. The van der Waals surface area contributed by atoms with Gasteiger partial charge in [-0.3, -0.25) is 9.59 Å². The molecule has 0 unspecified atom stereocenters. The maximum Gasteiger partial charge on any atom is 0.314 e. The summed E-state index contributed by atoms with van der Waals surface area (Å²) >= 11 is 0. The topological polar surface area (TPSA) is 72.8 Å². The molecule has 112 valence electrons. The lowest BCUT2D eigenvalue weighted by molar-refractivity contribution is -0.209. The highest BCUT2D eigenvalue weighted by Gasteiger charge is 2.74. The molecule has 20 heavy (non-hydrogen) atoms. The summed E-state index contributed by atoms with van der Waals surface area (Å²) in [5.41, 5.74) is -1.25. The molecule has 5 heteroatoms. The zero-order valence-corrected chi connectivity index (χ0v) is 12.2. The first-order valence-corrected chi connectivity index (χ1v) is 7.41. The fraction of sp³-hybridized carbons (Fsp3) is 0.867. The van der Waals surface area contributed by atoms with E-state index in [-0.39, 0.29) is 17.9 Å². The Balaban J connectivity index is 2.05. The largest absolute Gasteiger partial charge is 0.462 e. The van der Waals surface area contributed by atoms with Gasteiger partial charge in [0.2, 0.25) is 0 Å². The van der Waals surface area contributed by atoms with Gasteiger partial charge in [-0.1, -0.05) is 13.8 Å². The van der Waals surface area contributed by atoms with Crippen molar-refractivity contribution in [1.29, 1.82) is 0 Å². The molecule has 1 N–H and O–H groups in total. The summed E-state index contributed by atoms with van der Waals surface area (Å²) in [6, 6.07) is 0. The Morgan fingerprint density at radius 2 is 2.10 bits per heavy atom. The number of hydrogen-bond acceptors (Lipinski definition) is 5. The molecule has 3 rings (SSSR count). The second-order valence-electron chi connectivity index (χ2n) is 6.75. The Morgan fingerprint density at radius 3 is 2.75 bits per heavy atom.